The Labute approximate surface area is 178 Å². The molecule has 0 radical (unpaired) electrons. The number of benzene rings is 2. The van der Waals surface area contributed by atoms with Gasteiger partial charge >= 0.3 is 0 Å². The average molecular weight is 457 g/mol. The second kappa shape index (κ2) is 9.25. The summed E-state index contributed by atoms with van der Waals surface area (Å²) in [7, 11) is -3.71. The molecule has 1 aliphatic heterocycles. The zero-order valence-corrected chi connectivity index (χ0v) is 17.7. The largest absolute Gasteiger partial charge is 0.374 e. The molecular weight excluding hydrogens is 435 g/mol. The van der Waals surface area contributed by atoms with Crippen LogP contribution in [0, 0.1) is 17.5 Å². The standard InChI is InChI=1S/C20H22F3N3O4S/c1-12-10-26(11-13(2)30-12)31(28,29)15-5-3-14(4-6-15)25-18(27)9-24-17-8-7-16(21)19(22)20(17)23/h3-8,12-13,24H,9-11H2,1-2H3,(H,25,27)/t12-,13+. The van der Waals surface area contributed by atoms with Crippen molar-refractivity contribution >= 4 is 27.3 Å². The van der Waals surface area contributed by atoms with Crippen LogP contribution in [0.1, 0.15) is 13.8 Å². The molecule has 0 bridgehead atoms. The van der Waals surface area contributed by atoms with Crippen LogP contribution in [-0.4, -0.2) is 50.5 Å². The van der Waals surface area contributed by atoms with Crippen LogP contribution in [0.5, 0.6) is 0 Å². The molecular formula is C20H22F3N3O4S. The van der Waals surface area contributed by atoms with Crippen LogP contribution in [0.4, 0.5) is 24.5 Å². The Kier molecular flexibility index (Phi) is 6.87. The van der Waals surface area contributed by atoms with Crippen molar-refractivity contribution in [2.75, 3.05) is 30.3 Å². The smallest absolute Gasteiger partial charge is 0.243 e. The third kappa shape index (κ3) is 5.35. The number of halogens is 3. The zero-order valence-electron chi connectivity index (χ0n) is 16.9. The molecule has 2 N–H and O–H groups in total. The Hall–Kier alpha value is -2.63. The molecule has 3 rings (SSSR count). The van der Waals surface area contributed by atoms with E-state index < -0.39 is 39.9 Å². The number of ether oxygens (including phenoxy) is 1. The third-order valence-electron chi connectivity index (χ3n) is 4.64. The fourth-order valence-electron chi connectivity index (χ4n) is 3.23. The number of amides is 1. The second-order valence-electron chi connectivity index (χ2n) is 7.23. The highest BCUT2D eigenvalue weighted by Crippen LogP contribution is 2.23. The summed E-state index contributed by atoms with van der Waals surface area (Å²) in [5.41, 5.74) is -0.0373. The molecule has 0 saturated carbocycles. The Balaban J connectivity index is 1.61. The number of carbonyl (C=O) groups excluding carboxylic acids is 1. The first-order valence-corrected chi connectivity index (χ1v) is 10.9. The monoisotopic (exact) mass is 457 g/mol. The SMILES string of the molecule is C[C@@H]1CN(S(=O)(=O)c2ccc(NC(=O)CNc3ccc(F)c(F)c3F)cc2)C[C@H](C)O1. The number of hydrogen-bond acceptors (Lipinski definition) is 5. The molecule has 2 aromatic carbocycles. The number of hydrogen-bond donors (Lipinski definition) is 2. The average Bonchev–Trinajstić information content (AvgIpc) is 2.71. The number of anilines is 2. The highest BCUT2D eigenvalue weighted by molar-refractivity contribution is 7.89. The van der Waals surface area contributed by atoms with Crippen molar-refractivity contribution in [3.63, 3.8) is 0 Å². The quantitative estimate of drug-likeness (QED) is 0.652. The highest BCUT2D eigenvalue weighted by atomic mass is 32.2. The van der Waals surface area contributed by atoms with Gasteiger partial charge in [0.05, 0.1) is 29.3 Å². The maximum absolute atomic E-state index is 13.6. The van der Waals surface area contributed by atoms with Crippen molar-refractivity contribution in [1.82, 2.24) is 4.31 Å². The third-order valence-corrected chi connectivity index (χ3v) is 6.48. The molecule has 31 heavy (non-hydrogen) atoms. The number of nitrogens with zero attached hydrogens (tertiary/aromatic N) is 1. The van der Waals surface area contributed by atoms with E-state index in [1.165, 1.54) is 28.6 Å². The van der Waals surface area contributed by atoms with Gasteiger partial charge in [-0.1, -0.05) is 0 Å². The Morgan fingerprint density at radius 3 is 2.26 bits per heavy atom. The molecule has 1 amide bonds. The molecule has 168 valence electrons. The molecule has 0 aliphatic carbocycles. The van der Waals surface area contributed by atoms with E-state index in [0.717, 1.165) is 12.1 Å². The molecule has 0 aromatic heterocycles. The van der Waals surface area contributed by atoms with Crippen LogP contribution in [0.15, 0.2) is 41.3 Å². The lowest BCUT2D eigenvalue weighted by atomic mass is 10.2. The number of rotatable bonds is 6. The number of carbonyl (C=O) groups is 1. The summed E-state index contributed by atoms with van der Waals surface area (Å²) in [5.74, 6) is -4.97. The summed E-state index contributed by atoms with van der Waals surface area (Å²) in [6.07, 6.45) is -0.437. The van der Waals surface area contributed by atoms with Crippen molar-refractivity contribution in [3.05, 3.63) is 53.8 Å². The highest BCUT2D eigenvalue weighted by Gasteiger charge is 2.32. The van der Waals surface area contributed by atoms with E-state index in [2.05, 4.69) is 10.6 Å². The van der Waals surface area contributed by atoms with Crippen LogP contribution in [0.3, 0.4) is 0 Å². The van der Waals surface area contributed by atoms with Gasteiger partial charge in [-0.25, -0.2) is 21.6 Å². The summed E-state index contributed by atoms with van der Waals surface area (Å²) in [5, 5.41) is 4.89. The van der Waals surface area contributed by atoms with E-state index in [1.807, 2.05) is 0 Å². The van der Waals surface area contributed by atoms with Crippen molar-refractivity contribution in [2.45, 2.75) is 31.0 Å². The van der Waals surface area contributed by atoms with Crippen LogP contribution in [-0.2, 0) is 19.6 Å². The van der Waals surface area contributed by atoms with E-state index in [1.54, 1.807) is 13.8 Å². The lowest BCUT2D eigenvalue weighted by molar-refractivity contribution is -0.114. The first kappa shape index (κ1) is 23.0. The van der Waals surface area contributed by atoms with Crippen LogP contribution >= 0.6 is 0 Å². The minimum absolute atomic E-state index is 0.0776. The van der Waals surface area contributed by atoms with Gasteiger partial charge < -0.3 is 15.4 Å². The first-order chi connectivity index (χ1) is 14.6. The molecule has 1 heterocycles. The molecule has 2 aromatic rings. The number of morpholine rings is 1. The molecule has 2 atom stereocenters. The van der Waals surface area contributed by atoms with E-state index in [4.69, 9.17) is 4.74 Å². The number of sulfonamides is 1. The summed E-state index contributed by atoms with van der Waals surface area (Å²) in [4.78, 5) is 12.1. The lowest BCUT2D eigenvalue weighted by Gasteiger charge is -2.34. The molecule has 7 nitrogen and oxygen atoms in total. The molecule has 1 fully saturated rings. The molecule has 1 aliphatic rings. The van der Waals surface area contributed by atoms with Crippen LogP contribution in [0.2, 0.25) is 0 Å². The molecule has 0 spiro atoms. The predicted octanol–water partition coefficient (Wildman–Crippen LogP) is 2.95. The zero-order chi connectivity index (χ0) is 22.8. The van der Waals surface area contributed by atoms with Crippen molar-refractivity contribution < 1.29 is 31.1 Å². The van der Waals surface area contributed by atoms with Gasteiger partial charge in [0.2, 0.25) is 15.9 Å². The van der Waals surface area contributed by atoms with Gasteiger partial charge in [0.15, 0.2) is 17.5 Å². The molecule has 1 saturated heterocycles. The Morgan fingerprint density at radius 1 is 1.03 bits per heavy atom. The van der Waals surface area contributed by atoms with Crippen molar-refractivity contribution in [2.24, 2.45) is 0 Å². The van der Waals surface area contributed by atoms with Crippen LogP contribution < -0.4 is 10.6 Å². The van der Waals surface area contributed by atoms with E-state index >= 15 is 0 Å². The van der Waals surface area contributed by atoms with Gasteiger partial charge in [-0.2, -0.15) is 4.31 Å². The van der Waals surface area contributed by atoms with Gasteiger partial charge in [-0.3, -0.25) is 4.79 Å². The molecule has 0 unspecified atom stereocenters. The van der Waals surface area contributed by atoms with E-state index in [-0.39, 0.29) is 35.9 Å². The fraction of sp³-hybridized carbons (Fsp3) is 0.350. The van der Waals surface area contributed by atoms with Gasteiger partial charge in [0.1, 0.15) is 0 Å². The fourth-order valence-corrected chi connectivity index (χ4v) is 4.82. The van der Waals surface area contributed by atoms with Gasteiger partial charge in [0.25, 0.3) is 0 Å². The van der Waals surface area contributed by atoms with Crippen molar-refractivity contribution in [3.8, 4) is 0 Å². The van der Waals surface area contributed by atoms with Gasteiger partial charge in [0, 0.05) is 18.8 Å². The summed E-state index contributed by atoms with van der Waals surface area (Å²) >= 11 is 0. The topological polar surface area (TPSA) is 87.7 Å². The maximum Gasteiger partial charge on any atom is 0.243 e. The number of nitrogens with one attached hydrogen (secondary N) is 2. The van der Waals surface area contributed by atoms with Crippen molar-refractivity contribution in [1.29, 1.82) is 0 Å². The summed E-state index contributed by atoms with van der Waals surface area (Å²) in [6.45, 7) is 3.69. The lowest BCUT2D eigenvalue weighted by Crippen LogP contribution is -2.48. The minimum Gasteiger partial charge on any atom is -0.374 e. The van der Waals surface area contributed by atoms with E-state index in [0.29, 0.717) is 5.69 Å². The predicted molar refractivity (Wildman–Crippen MR) is 109 cm³/mol. The normalized spacial score (nSPS) is 19.8. The maximum atomic E-state index is 13.6. The van der Waals surface area contributed by atoms with Gasteiger partial charge in [-0.05, 0) is 50.2 Å². The summed E-state index contributed by atoms with van der Waals surface area (Å²) in [6, 6.07) is 7.32. The Morgan fingerprint density at radius 2 is 1.65 bits per heavy atom. The Bertz CT molecular complexity index is 1050. The van der Waals surface area contributed by atoms with Crippen LogP contribution in [0.25, 0.3) is 0 Å². The molecule has 11 heteroatoms. The van der Waals surface area contributed by atoms with Gasteiger partial charge in [-0.15, -0.1) is 0 Å². The minimum atomic E-state index is -3.71. The van der Waals surface area contributed by atoms with E-state index in [9.17, 15) is 26.4 Å². The summed E-state index contributed by atoms with van der Waals surface area (Å²) < 4.78 is 72.4. The first-order valence-electron chi connectivity index (χ1n) is 9.51. The second-order valence-corrected chi connectivity index (χ2v) is 9.17.